The number of aliphatic hydroxyl groups excluding tert-OH is 1. The summed E-state index contributed by atoms with van der Waals surface area (Å²) in [5.74, 6) is 0. The van der Waals surface area contributed by atoms with Crippen LogP contribution in [-0.4, -0.2) is 18.5 Å². The zero-order valence-electron chi connectivity index (χ0n) is 11.9. The van der Waals surface area contributed by atoms with Gasteiger partial charge in [0.15, 0.2) is 0 Å². The Morgan fingerprint density at radius 3 is 2.81 bits per heavy atom. The van der Waals surface area contributed by atoms with Gasteiger partial charge in [0.25, 0.3) is 0 Å². The molecule has 0 aliphatic carbocycles. The maximum atomic E-state index is 12.3. The quantitative estimate of drug-likeness (QED) is 0.853. The highest BCUT2D eigenvalue weighted by molar-refractivity contribution is 7.89. The van der Waals surface area contributed by atoms with E-state index in [1.807, 2.05) is 6.92 Å². The molecule has 5 nitrogen and oxygen atoms in total. The van der Waals surface area contributed by atoms with E-state index >= 15 is 0 Å². The Bertz CT molecular complexity index is 711. The summed E-state index contributed by atoms with van der Waals surface area (Å²) in [6, 6.07) is 5.88. The van der Waals surface area contributed by atoms with Crippen LogP contribution >= 0.6 is 11.3 Å². The molecule has 7 heteroatoms. The van der Waals surface area contributed by atoms with Crippen LogP contribution in [0.2, 0.25) is 0 Å². The number of nitrogens with zero attached hydrogens (tertiary/aromatic N) is 1. The van der Waals surface area contributed by atoms with Crippen molar-refractivity contribution in [1.82, 2.24) is 9.71 Å². The smallest absolute Gasteiger partial charge is 0.241 e. The Hall–Kier alpha value is -1.28. The highest BCUT2D eigenvalue weighted by Gasteiger charge is 2.20. The molecule has 1 heterocycles. The predicted octanol–water partition coefficient (Wildman–Crippen LogP) is 2.24. The van der Waals surface area contributed by atoms with Crippen molar-refractivity contribution in [3.8, 4) is 0 Å². The fourth-order valence-electron chi connectivity index (χ4n) is 1.85. The first-order valence-corrected chi connectivity index (χ1v) is 8.93. The van der Waals surface area contributed by atoms with Crippen LogP contribution in [0, 0.1) is 0 Å². The van der Waals surface area contributed by atoms with Crippen molar-refractivity contribution in [3.63, 3.8) is 0 Å². The lowest BCUT2D eigenvalue weighted by Gasteiger charge is -2.12. The van der Waals surface area contributed by atoms with Gasteiger partial charge in [-0.15, -0.1) is 11.3 Å². The summed E-state index contributed by atoms with van der Waals surface area (Å²) in [5, 5.41) is 9.84. The van der Waals surface area contributed by atoms with Crippen molar-refractivity contribution in [2.45, 2.75) is 37.8 Å². The molecule has 0 fully saturated rings. The number of aryl methyl sites for hydroxylation is 1. The van der Waals surface area contributed by atoms with E-state index in [2.05, 4.69) is 9.71 Å². The van der Waals surface area contributed by atoms with E-state index < -0.39 is 16.1 Å². The number of sulfonamides is 1. The first-order valence-electron chi connectivity index (χ1n) is 6.63. The number of benzene rings is 1. The van der Waals surface area contributed by atoms with Crippen molar-refractivity contribution in [3.05, 3.63) is 45.9 Å². The first-order chi connectivity index (χ1) is 9.96. The number of nitrogens with one attached hydrogen (secondary N) is 1. The van der Waals surface area contributed by atoms with Gasteiger partial charge in [-0.2, -0.15) is 0 Å². The first kappa shape index (κ1) is 16.1. The molecule has 0 saturated carbocycles. The summed E-state index contributed by atoms with van der Waals surface area (Å²) >= 11 is 1.51. The molecule has 0 aliphatic heterocycles. The van der Waals surface area contributed by atoms with Crippen molar-refractivity contribution in [2.24, 2.45) is 0 Å². The van der Waals surface area contributed by atoms with E-state index in [4.69, 9.17) is 5.11 Å². The fraction of sp³-hybridized carbons (Fsp3) is 0.357. The minimum Gasteiger partial charge on any atom is -0.392 e. The molecule has 0 amide bonds. The Balaban J connectivity index is 2.19. The highest BCUT2D eigenvalue weighted by Crippen LogP contribution is 2.22. The number of rotatable bonds is 6. The van der Waals surface area contributed by atoms with Gasteiger partial charge in [0.05, 0.1) is 17.5 Å². The lowest BCUT2D eigenvalue weighted by molar-refractivity contribution is 0.281. The number of hydrogen-bond donors (Lipinski definition) is 2. The van der Waals surface area contributed by atoms with E-state index in [0.29, 0.717) is 5.56 Å². The van der Waals surface area contributed by atoms with Crippen molar-refractivity contribution < 1.29 is 13.5 Å². The van der Waals surface area contributed by atoms with Gasteiger partial charge in [0.2, 0.25) is 10.0 Å². The van der Waals surface area contributed by atoms with Gasteiger partial charge < -0.3 is 5.11 Å². The largest absolute Gasteiger partial charge is 0.392 e. The van der Waals surface area contributed by atoms with Gasteiger partial charge in [0.1, 0.15) is 5.01 Å². The molecule has 0 spiro atoms. The third-order valence-corrected chi connectivity index (χ3v) is 5.88. The second-order valence-corrected chi connectivity index (χ2v) is 7.53. The lowest BCUT2D eigenvalue weighted by Crippen LogP contribution is -2.26. The molecule has 2 rings (SSSR count). The second-order valence-electron chi connectivity index (χ2n) is 4.67. The predicted molar refractivity (Wildman–Crippen MR) is 82.6 cm³/mol. The Kier molecular flexibility index (Phi) is 5.10. The van der Waals surface area contributed by atoms with Gasteiger partial charge in [0, 0.05) is 11.1 Å². The van der Waals surface area contributed by atoms with Crippen LogP contribution in [0.25, 0.3) is 0 Å². The van der Waals surface area contributed by atoms with Crippen LogP contribution in [0.1, 0.15) is 35.3 Å². The summed E-state index contributed by atoms with van der Waals surface area (Å²) in [7, 11) is -3.63. The van der Waals surface area contributed by atoms with Crippen LogP contribution in [0.5, 0.6) is 0 Å². The minimum atomic E-state index is -3.63. The van der Waals surface area contributed by atoms with Crippen LogP contribution in [0.4, 0.5) is 0 Å². The summed E-state index contributed by atoms with van der Waals surface area (Å²) < 4.78 is 27.3. The third-order valence-electron chi connectivity index (χ3n) is 3.01. The zero-order chi connectivity index (χ0) is 15.5. The number of aromatic nitrogens is 1. The molecule has 1 aromatic heterocycles. The molecular formula is C14H18N2O3S2. The second kappa shape index (κ2) is 6.65. The molecule has 21 heavy (non-hydrogen) atoms. The molecular weight excluding hydrogens is 308 g/mol. The average molecular weight is 326 g/mol. The van der Waals surface area contributed by atoms with E-state index in [1.165, 1.54) is 23.5 Å². The SMILES string of the molecule is CCc1cnc(C(C)NS(=O)(=O)c2cccc(CO)c2)s1. The van der Waals surface area contributed by atoms with Crippen LogP contribution in [-0.2, 0) is 23.1 Å². The van der Waals surface area contributed by atoms with Crippen LogP contribution in [0.3, 0.4) is 0 Å². The van der Waals surface area contributed by atoms with Gasteiger partial charge in [-0.3, -0.25) is 0 Å². The van der Waals surface area contributed by atoms with Crippen LogP contribution < -0.4 is 4.72 Å². The Morgan fingerprint density at radius 1 is 1.43 bits per heavy atom. The molecule has 0 saturated heterocycles. The standard InChI is InChI=1S/C14H18N2O3S2/c1-3-12-8-15-14(20-12)10(2)16-21(18,19)13-6-4-5-11(7-13)9-17/h4-8,10,16-17H,3,9H2,1-2H3. The van der Waals surface area contributed by atoms with Gasteiger partial charge in [-0.1, -0.05) is 19.1 Å². The summed E-state index contributed by atoms with van der Waals surface area (Å²) in [5.41, 5.74) is 0.563. The highest BCUT2D eigenvalue weighted by atomic mass is 32.2. The van der Waals surface area contributed by atoms with Gasteiger partial charge in [-0.05, 0) is 31.0 Å². The third kappa shape index (κ3) is 3.88. The summed E-state index contributed by atoms with van der Waals surface area (Å²) in [4.78, 5) is 5.52. The van der Waals surface area contributed by atoms with Gasteiger partial charge >= 0.3 is 0 Å². The van der Waals surface area contributed by atoms with Crippen molar-refractivity contribution in [2.75, 3.05) is 0 Å². The molecule has 2 aromatic rings. The normalized spacial score (nSPS) is 13.3. The Morgan fingerprint density at radius 2 is 2.19 bits per heavy atom. The topological polar surface area (TPSA) is 79.3 Å². The molecule has 2 N–H and O–H groups in total. The number of aliphatic hydroxyl groups is 1. The van der Waals surface area contributed by atoms with E-state index in [-0.39, 0.29) is 11.5 Å². The maximum absolute atomic E-state index is 12.3. The average Bonchev–Trinajstić information content (AvgIpc) is 2.96. The van der Waals surface area contributed by atoms with E-state index in [9.17, 15) is 8.42 Å². The molecule has 0 aliphatic rings. The molecule has 1 atom stereocenters. The van der Waals surface area contributed by atoms with Crippen molar-refractivity contribution in [1.29, 1.82) is 0 Å². The Labute approximate surface area is 128 Å². The fourth-order valence-corrected chi connectivity index (χ4v) is 4.06. The molecule has 1 unspecified atom stereocenters. The summed E-state index contributed by atoms with van der Waals surface area (Å²) in [6.07, 6.45) is 2.66. The van der Waals surface area contributed by atoms with E-state index in [0.717, 1.165) is 16.3 Å². The maximum Gasteiger partial charge on any atom is 0.241 e. The zero-order valence-corrected chi connectivity index (χ0v) is 13.5. The molecule has 114 valence electrons. The molecule has 1 aromatic carbocycles. The number of hydrogen-bond acceptors (Lipinski definition) is 5. The van der Waals surface area contributed by atoms with Gasteiger partial charge in [-0.25, -0.2) is 18.1 Å². The minimum absolute atomic E-state index is 0.146. The number of thiazole rings is 1. The lowest BCUT2D eigenvalue weighted by atomic mass is 10.2. The van der Waals surface area contributed by atoms with Crippen LogP contribution in [0.15, 0.2) is 35.4 Å². The van der Waals surface area contributed by atoms with Crippen molar-refractivity contribution >= 4 is 21.4 Å². The van der Waals surface area contributed by atoms with E-state index in [1.54, 1.807) is 25.3 Å². The monoisotopic (exact) mass is 326 g/mol. The molecule has 0 radical (unpaired) electrons. The summed E-state index contributed by atoms with van der Waals surface area (Å²) in [6.45, 7) is 3.61. The molecule has 0 bridgehead atoms.